The first-order valence-corrected chi connectivity index (χ1v) is 9.74. The zero-order valence-corrected chi connectivity index (χ0v) is 16.7. The molecule has 5 heteroatoms. The highest BCUT2D eigenvalue weighted by Crippen LogP contribution is 2.16. The predicted molar refractivity (Wildman–Crippen MR) is 110 cm³/mol. The molecule has 3 rings (SSSR count). The average Bonchev–Trinajstić information content (AvgIpc) is 3.22. The number of hydrogen-bond donors (Lipinski definition) is 1. The molecule has 3 aromatic rings. The molecule has 1 unspecified atom stereocenters. The van der Waals surface area contributed by atoms with Crippen molar-refractivity contribution in [2.45, 2.75) is 46.4 Å². The van der Waals surface area contributed by atoms with Crippen molar-refractivity contribution in [2.75, 3.05) is 0 Å². The van der Waals surface area contributed by atoms with Gasteiger partial charge in [0.25, 0.3) is 5.91 Å². The molecule has 1 aromatic heterocycles. The third kappa shape index (κ3) is 4.80. The third-order valence-electron chi connectivity index (χ3n) is 4.77. The molecule has 5 nitrogen and oxygen atoms in total. The molecular formula is C23H27N3O2. The molecule has 0 aliphatic heterocycles. The molecule has 0 saturated carbocycles. The Bertz CT molecular complexity index is 916. The molecule has 0 aliphatic rings. The molecule has 1 amide bonds. The standard InChI is InChI=1S/C23H27N3O2/c1-4-18-9-11-21(12-10-18)28-16-19-7-6-8-20(15-19)23(27)25-17(3)22-13-14-24-26(22)5-2/h6-15,17H,4-5,16H2,1-3H3,(H,25,27). The van der Waals surface area contributed by atoms with Crippen LogP contribution in [0, 0.1) is 0 Å². The quantitative estimate of drug-likeness (QED) is 0.627. The number of hydrogen-bond acceptors (Lipinski definition) is 3. The number of rotatable bonds is 8. The van der Waals surface area contributed by atoms with Crippen LogP contribution in [-0.2, 0) is 19.6 Å². The van der Waals surface area contributed by atoms with Crippen molar-refractivity contribution >= 4 is 5.91 Å². The topological polar surface area (TPSA) is 56.1 Å². The Morgan fingerprint density at radius 3 is 2.61 bits per heavy atom. The second-order valence-corrected chi connectivity index (χ2v) is 6.75. The maximum absolute atomic E-state index is 12.7. The number of aromatic nitrogens is 2. The fourth-order valence-electron chi connectivity index (χ4n) is 3.12. The second kappa shape index (κ2) is 9.22. The SMILES string of the molecule is CCc1ccc(OCc2cccc(C(=O)NC(C)c3ccnn3CC)c2)cc1. The van der Waals surface area contributed by atoms with Gasteiger partial charge in [-0.05, 0) is 61.7 Å². The molecule has 1 atom stereocenters. The van der Waals surface area contributed by atoms with Gasteiger partial charge < -0.3 is 10.1 Å². The molecule has 2 aromatic carbocycles. The summed E-state index contributed by atoms with van der Waals surface area (Å²) in [5.41, 5.74) is 3.85. The summed E-state index contributed by atoms with van der Waals surface area (Å²) in [5.74, 6) is 0.721. The second-order valence-electron chi connectivity index (χ2n) is 6.75. The summed E-state index contributed by atoms with van der Waals surface area (Å²) < 4.78 is 7.74. The van der Waals surface area contributed by atoms with Gasteiger partial charge in [-0.3, -0.25) is 9.48 Å². The van der Waals surface area contributed by atoms with Crippen molar-refractivity contribution in [3.05, 3.63) is 83.2 Å². The number of nitrogens with one attached hydrogen (secondary N) is 1. The van der Waals surface area contributed by atoms with E-state index in [2.05, 4.69) is 29.5 Å². The van der Waals surface area contributed by atoms with Gasteiger partial charge in [0.05, 0.1) is 11.7 Å². The lowest BCUT2D eigenvalue weighted by Gasteiger charge is -2.16. The van der Waals surface area contributed by atoms with Crippen molar-refractivity contribution in [1.82, 2.24) is 15.1 Å². The van der Waals surface area contributed by atoms with Gasteiger partial charge in [0.15, 0.2) is 0 Å². The molecule has 0 aliphatic carbocycles. The van der Waals surface area contributed by atoms with E-state index in [0.717, 1.165) is 30.0 Å². The Morgan fingerprint density at radius 1 is 1.11 bits per heavy atom. The van der Waals surface area contributed by atoms with Crippen LogP contribution in [0.5, 0.6) is 5.75 Å². The molecule has 1 heterocycles. The fraction of sp³-hybridized carbons (Fsp3) is 0.304. The number of aryl methyl sites for hydroxylation is 2. The number of carbonyl (C=O) groups excluding carboxylic acids is 1. The van der Waals surface area contributed by atoms with Crippen LogP contribution < -0.4 is 10.1 Å². The van der Waals surface area contributed by atoms with E-state index in [9.17, 15) is 4.79 Å². The predicted octanol–water partition coefficient (Wildman–Crippen LogP) is 4.54. The van der Waals surface area contributed by atoms with Gasteiger partial charge in [-0.25, -0.2) is 0 Å². The van der Waals surface area contributed by atoms with Gasteiger partial charge >= 0.3 is 0 Å². The van der Waals surface area contributed by atoms with Crippen molar-refractivity contribution in [1.29, 1.82) is 0 Å². The molecule has 0 spiro atoms. The van der Waals surface area contributed by atoms with Gasteiger partial charge in [0, 0.05) is 18.3 Å². The van der Waals surface area contributed by atoms with E-state index in [4.69, 9.17) is 4.74 Å². The summed E-state index contributed by atoms with van der Waals surface area (Å²) in [5, 5.41) is 7.31. The first-order chi connectivity index (χ1) is 13.6. The van der Waals surface area contributed by atoms with Crippen LogP contribution in [0.3, 0.4) is 0 Å². The Balaban J connectivity index is 1.62. The highest BCUT2D eigenvalue weighted by atomic mass is 16.5. The van der Waals surface area contributed by atoms with E-state index in [1.165, 1.54) is 5.56 Å². The number of amides is 1. The van der Waals surface area contributed by atoms with Gasteiger partial charge in [-0.2, -0.15) is 5.10 Å². The van der Waals surface area contributed by atoms with E-state index >= 15 is 0 Å². The van der Waals surface area contributed by atoms with Crippen LogP contribution in [0.25, 0.3) is 0 Å². The minimum Gasteiger partial charge on any atom is -0.489 e. The maximum Gasteiger partial charge on any atom is 0.251 e. The smallest absolute Gasteiger partial charge is 0.251 e. The van der Waals surface area contributed by atoms with E-state index in [0.29, 0.717) is 12.2 Å². The van der Waals surface area contributed by atoms with Crippen LogP contribution in [0.15, 0.2) is 60.8 Å². The first-order valence-electron chi connectivity index (χ1n) is 9.74. The molecule has 1 N–H and O–H groups in total. The third-order valence-corrected chi connectivity index (χ3v) is 4.77. The zero-order chi connectivity index (χ0) is 19.9. The average molecular weight is 377 g/mol. The fourth-order valence-corrected chi connectivity index (χ4v) is 3.12. The van der Waals surface area contributed by atoms with Gasteiger partial charge in [-0.15, -0.1) is 0 Å². The Kier molecular flexibility index (Phi) is 6.48. The molecule has 0 saturated heterocycles. The largest absolute Gasteiger partial charge is 0.489 e. The highest BCUT2D eigenvalue weighted by Gasteiger charge is 2.15. The maximum atomic E-state index is 12.7. The molecule has 0 radical (unpaired) electrons. The normalized spacial score (nSPS) is 11.8. The Labute approximate surface area is 166 Å². The number of nitrogens with zero attached hydrogens (tertiary/aromatic N) is 2. The molecular weight excluding hydrogens is 350 g/mol. The van der Waals surface area contributed by atoms with Crippen LogP contribution in [0.1, 0.15) is 54.0 Å². The van der Waals surface area contributed by atoms with Crippen molar-refractivity contribution in [3.8, 4) is 5.75 Å². The number of carbonyl (C=O) groups is 1. The number of ether oxygens (including phenoxy) is 1. The van der Waals surface area contributed by atoms with Crippen LogP contribution in [-0.4, -0.2) is 15.7 Å². The zero-order valence-electron chi connectivity index (χ0n) is 16.7. The van der Waals surface area contributed by atoms with Gasteiger partial charge in [-0.1, -0.05) is 31.2 Å². The van der Waals surface area contributed by atoms with Crippen LogP contribution >= 0.6 is 0 Å². The summed E-state index contributed by atoms with van der Waals surface area (Å²) in [4.78, 5) is 12.7. The van der Waals surface area contributed by atoms with Crippen molar-refractivity contribution < 1.29 is 9.53 Å². The lowest BCUT2D eigenvalue weighted by atomic mass is 10.1. The van der Waals surface area contributed by atoms with Gasteiger partial charge in [0.1, 0.15) is 12.4 Å². The Hall–Kier alpha value is -3.08. The Morgan fingerprint density at radius 2 is 1.89 bits per heavy atom. The van der Waals surface area contributed by atoms with Crippen molar-refractivity contribution in [2.24, 2.45) is 0 Å². The minimum atomic E-state index is -0.119. The lowest BCUT2D eigenvalue weighted by Crippen LogP contribution is -2.28. The van der Waals surface area contributed by atoms with E-state index in [1.807, 2.05) is 61.0 Å². The molecule has 0 fully saturated rings. The molecule has 28 heavy (non-hydrogen) atoms. The minimum absolute atomic E-state index is 0.106. The first kappa shape index (κ1) is 19.7. The summed E-state index contributed by atoms with van der Waals surface area (Å²) >= 11 is 0. The van der Waals surface area contributed by atoms with Crippen LogP contribution in [0.2, 0.25) is 0 Å². The van der Waals surface area contributed by atoms with E-state index in [-0.39, 0.29) is 11.9 Å². The summed E-state index contributed by atoms with van der Waals surface area (Å²) in [6.07, 6.45) is 2.77. The number of benzene rings is 2. The highest BCUT2D eigenvalue weighted by molar-refractivity contribution is 5.94. The monoisotopic (exact) mass is 377 g/mol. The summed E-state index contributed by atoms with van der Waals surface area (Å²) in [6, 6.07) is 17.5. The van der Waals surface area contributed by atoms with Crippen LogP contribution in [0.4, 0.5) is 0 Å². The lowest BCUT2D eigenvalue weighted by molar-refractivity contribution is 0.0938. The van der Waals surface area contributed by atoms with E-state index in [1.54, 1.807) is 6.20 Å². The molecule has 0 bridgehead atoms. The van der Waals surface area contributed by atoms with Gasteiger partial charge in [0.2, 0.25) is 0 Å². The summed E-state index contributed by atoms with van der Waals surface area (Å²) in [6.45, 7) is 7.32. The summed E-state index contributed by atoms with van der Waals surface area (Å²) in [7, 11) is 0. The van der Waals surface area contributed by atoms with E-state index < -0.39 is 0 Å². The van der Waals surface area contributed by atoms with Crippen molar-refractivity contribution in [3.63, 3.8) is 0 Å². The molecule has 146 valence electrons.